The molecule has 0 saturated carbocycles. The number of nitrogens with zero attached hydrogens (tertiary/aromatic N) is 1. The Morgan fingerprint density at radius 2 is 2.08 bits per heavy atom. The van der Waals surface area contributed by atoms with E-state index in [4.69, 9.17) is 0 Å². The van der Waals surface area contributed by atoms with Crippen molar-refractivity contribution >= 4 is 12.0 Å². The molecule has 0 amide bonds. The molecule has 74 valence electrons. The highest BCUT2D eigenvalue weighted by Gasteiger charge is 2.00. The highest BCUT2D eigenvalue weighted by Crippen LogP contribution is 1.90. The zero-order chi connectivity index (χ0) is 10.7. The Kier molecular flexibility index (Phi) is 11.5. The molecule has 0 rings (SSSR count). The molecule has 0 aliphatic heterocycles. The Labute approximate surface area is 78.3 Å². The van der Waals surface area contributed by atoms with Gasteiger partial charge in [0.2, 0.25) is 6.08 Å². The van der Waals surface area contributed by atoms with Crippen LogP contribution in [0.4, 0.5) is 0 Å². The molecule has 0 aromatic heterocycles. The first-order valence-electron chi connectivity index (χ1n) is 4.04. The second kappa shape index (κ2) is 10.6. The van der Waals surface area contributed by atoms with Crippen molar-refractivity contribution in [3.05, 3.63) is 12.2 Å². The molecule has 0 heterocycles. The van der Waals surface area contributed by atoms with Crippen LogP contribution in [0.15, 0.2) is 17.1 Å². The molecule has 13 heavy (non-hydrogen) atoms. The van der Waals surface area contributed by atoms with Gasteiger partial charge in [-0.15, -0.1) is 0 Å². The largest absolute Gasteiger partial charge is 0.460 e. The third-order valence-corrected chi connectivity index (χ3v) is 0.849. The maximum atomic E-state index is 10.6. The normalized spacial score (nSPS) is 7.31. The van der Waals surface area contributed by atoms with Crippen molar-refractivity contribution in [2.75, 3.05) is 13.2 Å². The molecular formula is C9H15NO3. The molecule has 0 spiro atoms. The van der Waals surface area contributed by atoms with Gasteiger partial charge in [0.15, 0.2) is 0 Å². The number of carbonyl (C=O) groups is 1. The summed E-state index contributed by atoms with van der Waals surface area (Å²) in [5.41, 5.74) is 0.333. The SMILES string of the molecule is C=C(C)C(=O)OCCN=C=O.CC. The summed E-state index contributed by atoms with van der Waals surface area (Å²) in [6.07, 6.45) is 1.33. The molecule has 0 aromatic carbocycles. The molecule has 0 N–H and O–H groups in total. The van der Waals surface area contributed by atoms with Gasteiger partial charge in [-0.05, 0) is 6.92 Å². The van der Waals surface area contributed by atoms with E-state index in [0.717, 1.165) is 0 Å². The predicted octanol–water partition coefficient (Wildman–Crippen LogP) is 1.47. The molecule has 0 fully saturated rings. The third-order valence-electron chi connectivity index (χ3n) is 0.849. The summed E-state index contributed by atoms with van der Waals surface area (Å²) in [6.45, 7) is 9.17. The van der Waals surface area contributed by atoms with E-state index in [0.29, 0.717) is 5.57 Å². The molecule has 0 saturated heterocycles. The van der Waals surface area contributed by atoms with Crippen LogP contribution in [0.1, 0.15) is 20.8 Å². The van der Waals surface area contributed by atoms with E-state index in [1.807, 2.05) is 13.8 Å². The van der Waals surface area contributed by atoms with Crippen molar-refractivity contribution < 1.29 is 14.3 Å². The molecule has 0 unspecified atom stereocenters. The fourth-order valence-corrected chi connectivity index (χ4v) is 0.353. The fourth-order valence-electron chi connectivity index (χ4n) is 0.353. The van der Waals surface area contributed by atoms with Crippen LogP contribution in [0.3, 0.4) is 0 Å². The number of hydrogen-bond donors (Lipinski definition) is 0. The van der Waals surface area contributed by atoms with Gasteiger partial charge in [0, 0.05) is 5.57 Å². The van der Waals surface area contributed by atoms with Gasteiger partial charge in [0.05, 0.1) is 6.54 Å². The van der Waals surface area contributed by atoms with E-state index in [1.54, 1.807) is 6.92 Å². The van der Waals surface area contributed by atoms with Gasteiger partial charge < -0.3 is 4.74 Å². The van der Waals surface area contributed by atoms with Gasteiger partial charge in [0.1, 0.15) is 6.61 Å². The van der Waals surface area contributed by atoms with Crippen molar-refractivity contribution in [2.45, 2.75) is 20.8 Å². The monoisotopic (exact) mass is 185 g/mol. The number of ether oxygens (including phenoxy) is 1. The van der Waals surface area contributed by atoms with Gasteiger partial charge in [-0.2, -0.15) is 0 Å². The van der Waals surface area contributed by atoms with Crippen LogP contribution in [0.25, 0.3) is 0 Å². The second-order valence-electron chi connectivity index (χ2n) is 1.89. The standard InChI is InChI=1S/C7H9NO3.C2H6/c1-6(2)7(10)11-4-3-8-5-9;1-2/h1,3-4H2,2H3;1-2H3. The molecule has 0 aromatic rings. The van der Waals surface area contributed by atoms with Gasteiger partial charge in [-0.1, -0.05) is 20.4 Å². The second-order valence-corrected chi connectivity index (χ2v) is 1.89. The Balaban J connectivity index is 0. The van der Waals surface area contributed by atoms with Crippen LogP contribution in [0.5, 0.6) is 0 Å². The Bertz CT molecular complexity index is 205. The van der Waals surface area contributed by atoms with Crippen molar-refractivity contribution in [3.63, 3.8) is 0 Å². The maximum Gasteiger partial charge on any atom is 0.333 e. The number of rotatable bonds is 4. The molecule has 0 bridgehead atoms. The molecular weight excluding hydrogens is 170 g/mol. The lowest BCUT2D eigenvalue weighted by molar-refractivity contribution is -0.138. The average molecular weight is 185 g/mol. The molecule has 4 heteroatoms. The summed E-state index contributed by atoms with van der Waals surface area (Å²) >= 11 is 0. The smallest absolute Gasteiger partial charge is 0.333 e. The van der Waals surface area contributed by atoms with Gasteiger partial charge >= 0.3 is 5.97 Å². The van der Waals surface area contributed by atoms with Crippen LogP contribution in [0.2, 0.25) is 0 Å². The lowest BCUT2D eigenvalue weighted by Crippen LogP contribution is -2.07. The van der Waals surface area contributed by atoms with Crippen LogP contribution < -0.4 is 0 Å². The molecule has 4 nitrogen and oxygen atoms in total. The van der Waals surface area contributed by atoms with Crippen molar-refractivity contribution in [2.24, 2.45) is 4.99 Å². The van der Waals surface area contributed by atoms with Crippen LogP contribution in [-0.4, -0.2) is 25.2 Å². The Morgan fingerprint density at radius 1 is 1.54 bits per heavy atom. The first-order chi connectivity index (χ1) is 6.18. The van der Waals surface area contributed by atoms with Crippen molar-refractivity contribution in [1.29, 1.82) is 0 Å². The summed E-state index contributed by atoms with van der Waals surface area (Å²) < 4.78 is 4.59. The third kappa shape index (κ3) is 10.6. The predicted molar refractivity (Wildman–Crippen MR) is 50.1 cm³/mol. The number of esters is 1. The maximum absolute atomic E-state index is 10.6. The van der Waals surface area contributed by atoms with Crippen LogP contribution in [0, 0.1) is 0 Å². The number of aliphatic imine (C=N–C) groups is 1. The fraction of sp³-hybridized carbons (Fsp3) is 0.556. The average Bonchev–Trinajstić information content (AvgIpc) is 2.15. The Morgan fingerprint density at radius 3 is 2.46 bits per heavy atom. The molecule has 0 aliphatic carbocycles. The first-order valence-corrected chi connectivity index (χ1v) is 4.04. The topological polar surface area (TPSA) is 55.7 Å². The molecule has 0 aliphatic rings. The lowest BCUT2D eigenvalue weighted by Gasteiger charge is -1.99. The van der Waals surface area contributed by atoms with Gasteiger partial charge in [0.25, 0.3) is 0 Å². The van der Waals surface area contributed by atoms with Crippen molar-refractivity contribution in [1.82, 2.24) is 0 Å². The number of carbonyl (C=O) groups excluding carboxylic acids is 2. The van der Waals surface area contributed by atoms with Crippen molar-refractivity contribution in [3.8, 4) is 0 Å². The summed E-state index contributed by atoms with van der Waals surface area (Å²) in [4.78, 5) is 23.4. The summed E-state index contributed by atoms with van der Waals surface area (Å²) in [5, 5.41) is 0. The summed E-state index contributed by atoms with van der Waals surface area (Å²) in [5.74, 6) is -0.467. The minimum atomic E-state index is -0.467. The van der Waals surface area contributed by atoms with E-state index in [1.165, 1.54) is 6.08 Å². The van der Waals surface area contributed by atoms with E-state index >= 15 is 0 Å². The highest BCUT2D eigenvalue weighted by atomic mass is 16.5. The van der Waals surface area contributed by atoms with Crippen LogP contribution in [-0.2, 0) is 14.3 Å². The lowest BCUT2D eigenvalue weighted by atomic mass is 10.4. The minimum absolute atomic E-state index is 0.0981. The van der Waals surface area contributed by atoms with E-state index in [-0.39, 0.29) is 13.2 Å². The summed E-state index contributed by atoms with van der Waals surface area (Å²) in [7, 11) is 0. The number of isocyanates is 1. The Hall–Kier alpha value is -1.41. The first kappa shape index (κ1) is 14.1. The zero-order valence-electron chi connectivity index (χ0n) is 8.29. The summed E-state index contributed by atoms with van der Waals surface area (Å²) in [6, 6.07) is 0. The molecule has 0 atom stereocenters. The highest BCUT2D eigenvalue weighted by molar-refractivity contribution is 5.86. The zero-order valence-corrected chi connectivity index (χ0v) is 8.29. The van der Waals surface area contributed by atoms with E-state index in [9.17, 15) is 9.59 Å². The van der Waals surface area contributed by atoms with Gasteiger partial charge in [-0.25, -0.2) is 14.6 Å². The van der Waals surface area contributed by atoms with Gasteiger partial charge in [-0.3, -0.25) is 0 Å². The van der Waals surface area contributed by atoms with E-state index < -0.39 is 5.97 Å². The van der Waals surface area contributed by atoms with E-state index in [2.05, 4.69) is 16.3 Å². The quantitative estimate of drug-likeness (QED) is 0.219. The number of hydrogen-bond acceptors (Lipinski definition) is 4. The van der Waals surface area contributed by atoms with Crippen LogP contribution >= 0.6 is 0 Å². The minimum Gasteiger partial charge on any atom is -0.460 e. The molecule has 0 radical (unpaired) electrons.